The van der Waals surface area contributed by atoms with Gasteiger partial charge in [-0.05, 0) is 43.2 Å². The predicted octanol–water partition coefficient (Wildman–Crippen LogP) is 3.37. The summed E-state index contributed by atoms with van der Waals surface area (Å²) in [5, 5.41) is 0.614. The van der Waals surface area contributed by atoms with Crippen molar-refractivity contribution in [2.75, 3.05) is 18.8 Å². The van der Waals surface area contributed by atoms with Gasteiger partial charge in [-0.3, -0.25) is 4.79 Å². The summed E-state index contributed by atoms with van der Waals surface area (Å²) < 4.78 is 24.7. The monoisotopic (exact) mass is 419 g/mol. The van der Waals surface area contributed by atoms with Crippen molar-refractivity contribution < 1.29 is 13.2 Å². The van der Waals surface area contributed by atoms with Gasteiger partial charge < -0.3 is 4.90 Å². The van der Waals surface area contributed by atoms with Gasteiger partial charge in [0, 0.05) is 29.9 Å². The molecule has 0 unspecified atom stereocenters. The molecule has 0 N–H and O–H groups in total. The molecule has 1 saturated heterocycles. The van der Waals surface area contributed by atoms with Gasteiger partial charge in [0.2, 0.25) is 0 Å². The van der Waals surface area contributed by atoms with Crippen molar-refractivity contribution in [2.24, 2.45) is 0 Å². The van der Waals surface area contributed by atoms with Crippen LogP contribution >= 0.6 is 11.6 Å². The molecule has 1 aromatic carbocycles. The van der Waals surface area contributed by atoms with Gasteiger partial charge in [-0.25, -0.2) is 18.4 Å². The van der Waals surface area contributed by atoms with E-state index in [1.807, 2.05) is 0 Å². The number of benzene rings is 1. The third kappa shape index (κ3) is 3.53. The molecule has 148 valence electrons. The molecule has 2 heterocycles. The number of halogens is 1. The van der Waals surface area contributed by atoms with Crippen LogP contribution < -0.4 is 0 Å². The van der Waals surface area contributed by atoms with Crippen molar-refractivity contribution in [1.82, 2.24) is 14.9 Å². The zero-order valence-electron chi connectivity index (χ0n) is 15.5. The van der Waals surface area contributed by atoms with Crippen LogP contribution in [-0.2, 0) is 9.84 Å². The smallest absolute Gasteiger partial charge is 0.272 e. The molecule has 2 fully saturated rings. The van der Waals surface area contributed by atoms with E-state index >= 15 is 0 Å². The van der Waals surface area contributed by atoms with Crippen molar-refractivity contribution in [2.45, 2.75) is 36.9 Å². The second kappa shape index (κ2) is 7.44. The summed E-state index contributed by atoms with van der Waals surface area (Å²) in [7, 11) is -3.19. The lowest BCUT2D eigenvalue weighted by Gasteiger charge is -2.44. The zero-order chi connectivity index (χ0) is 19.8. The quantitative estimate of drug-likeness (QED) is 0.745. The van der Waals surface area contributed by atoms with E-state index in [0.717, 1.165) is 24.8 Å². The van der Waals surface area contributed by atoms with Crippen LogP contribution in [-0.4, -0.2) is 52.8 Å². The minimum atomic E-state index is -3.19. The van der Waals surface area contributed by atoms with E-state index in [1.54, 1.807) is 41.4 Å². The Morgan fingerprint density at radius 3 is 2.50 bits per heavy atom. The Balaban J connectivity index is 1.59. The molecular weight excluding hydrogens is 398 g/mol. The van der Waals surface area contributed by atoms with Crippen molar-refractivity contribution in [3.05, 3.63) is 47.2 Å². The highest BCUT2D eigenvalue weighted by Crippen LogP contribution is 2.39. The number of nitrogens with zero attached hydrogens (tertiary/aromatic N) is 3. The van der Waals surface area contributed by atoms with Crippen LogP contribution in [0.2, 0.25) is 5.02 Å². The Hall–Kier alpha value is -1.99. The van der Waals surface area contributed by atoms with E-state index in [-0.39, 0.29) is 30.4 Å². The third-order valence-electron chi connectivity index (χ3n) is 5.80. The van der Waals surface area contributed by atoms with Crippen LogP contribution in [0.1, 0.15) is 42.6 Å². The molecule has 0 atom stereocenters. The number of hydrogen-bond acceptors (Lipinski definition) is 5. The maximum absolute atomic E-state index is 13.1. The van der Waals surface area contributed by atoms with Crippen molar-refractivity contribution in [3.63, 3.8) is 0 Å². The number of aromatic nitrogens is 2. The fourth-order valence-corrected chi connectivity index (χ4v) is 6.47. The van der Waals surface area contributed by atoms with Gasteiger partial charge in [-0.2, -0.15) is 0 Å². The van der Waals surface area contributed by atoms with Crippen LogP contribution in [0.3, 0.4) is 0 Å². The van der Waals surface area contributed by atoms with E-state index in [1.165, 1.54) is 0 Å². The normalized spacial score (nSPS) is 20.8. The molecule has 8 heteroatoms. The number of amides is 1. The Morgan fingerprint density at radius 1 is 1.07 bits per heavy atom. The Morgan fingerprint density at radius 2 is 1.79 bits per heavy atom. The fraction of sp³-hybridized carbons (Fsp3) is 0.450. The number of sulfone groups is 1. The zero-order valence-corrected chi connectivity index (χ0v) is 17.0. The molecule has 1 aliphatic carbocycles. The van der Waals surface area contributed by atoms with Gasteiger partial charge in [0.25, 0.3) is 5.91 Å². The van der Waals surface area contributed by atoms with Crippen LogP contribution in [0.15, 0.2) is 36.5 Å². The summed E-state index contributed by atoms with van der Waals surface area (Å²) in [5.41, 5.74) is 1.05. The van der Waals surface area contributed by atoms with Gasteiger partial charge in [0.05, 0.1) is 10.5 Å². The largest absolute Gasteiger partial charge is 0.335 e. The highest BCUT2D eigenvalue weighted by Gasteiger charge is 2.49. The molecule has 6 nitrogen and oxygen atoms in total. The molecule has 1 spiro atoms. The van der Waals surface area contributed by atoms with Gasteiger partial charge in [0.1, 0.15) is 5.69 Å². The van der Waals surface area contributed by atoms with E-state index < -0.39 is 14.6 Å². The van der Waals surface area contributed by atoms with Crippen molar-refractivity contribution in [3.8, 4) is 11.4 Å². The van der Waals surface area contributed by atoms with E-state index in [2.05, 4.69) is 9.97 Å². The number of carbonyl (C=O) groups is 1. The van der Waals surface area contributed by atoms with Crippen LogP contribution in [0.25, 0.3) is 11.4 Å². The van der Waals surface area contributed by atoms with Crippen LogP contribution in [0.4, 0.5) is 0 Å². The summed E-state index contributed by atoms with van der Waals surface area (Å²) >= 11 is 5.93. The van der Waals surface area contributed by atoms with Gasteiger partial charge >= 0.3 is 0 Å². The summed E-state index contributed by atoms with van der Waals surface area (Å²) in [6.07, 6.45) is 5.69. The van der Waals surface area contributed by atoms with Crippen LogP contribution in [0.5, 0.6) is 0 Å². The maximum Gasteiger partial charge on any atom is 0.272 e. The molecular formula is C20H22ClN3O3S. The second-order valence-electron chi connectivity index (χ2n) is 7.56. The summed E-state index contributed by atoms with van der Waals surface area (Å²) in [5.74, 6) is 0.227. The van der Waals surface area contributed by atoms with Gasteiger partial charge in [-0.15, -0.1) is 0 Å². The Bertz CT molecular complexity index is 986. The molecule has 1 aliphatic heterocycles. The van der Waals surface area contributed by atoms with Gasteiger partial charge in [0.15, 0.2) is 15.7 Å². The molecule has 0 bridgehead atoms. The second-order valence-corrected chi connectivity index (χ2v) is 10.5. The molecule has 4 rings (SSSR count). The number of hydrogen-bond donors (Lipinski definition) is 0. The standard InChI is InChI=1S/C20H22ClN3O3S/c21-16-6-4-15(5-7-16)18-22-11-8-17(23-18)19(25)24-12-13-28(26,27)20(14-24)9-2-1-3-10-20/h4-8,11H,1-3,9-10,12-14H2. The first kappa shape index (κ1) is 19.3. The Labute approximate surface area is 169 Å². The fourth-order valence-electron chi connectivity index (χ4n) is 4.19. The minimum absolute atomic E-state index is 0.0217. The topological polar surface area (TPSA) is 80.2 Å². The predicted molar refractivity (Wildman–Crippen MR) is 108 cm³/mol. The van der Waals surface area contributed by atoms with Crippen LogP contribution in [0, 0.1) is 0 Å². The van der Waals surface area contributed by atoms with Crippen molar-refractivity contribution in [1.29, 1.82) is 0 Å². The highest BCUT2D eigenvalue weighted by atomic mass is 35.5. The first-order valence-corrected chi connectivity index (χ1v) is 11.5. The molecule has 0 radical (unpaired) electrons. The average molecular weight is 420 g/mol. The molecule has 1 amide bonds. The SMILES string of the molecule is O=C(c1ccnc(-c2ccc(Cl)cc2)n1)N1CCS(=O)(=O)C2(CCCCC2)C1. The molecule has 1 aromatic heterocycles. The lowest BCUT2D eigenvalue weighted by molar-refractivity contribution is 0.0717. The number of rotatable bonds is 2. The minimum Gasteiger partial charge on any atom is -0.335 e. The van der Waals surface area contributed by atoms with Gasteiger partial charge in [-0.1, -0.05) is 30.9 Å². The lowest BCUT2D eigenvalue weighted by atomic mass is 9.87. The average Bonchev–Trinajstić information content (AvgIpc) is 2.71. The van der Waals surface area contributed by atoms with Crippen molar-refractivity contribution >= 4 is 27.3 Å². The Kier molecular flexibility index (Phi) is 5.14. The van der Waals surface area contributed by atoms with E-state index in [0.29, 0.717) is 23.7 Å². The first-order chi connectivity index (χ1) is 13.4. The number of carbonyl (C=O) groups excluding carboxylic acids is 1. The molecule has 1 saturated carbocycles. The molecule has 2 aliphatic rings. The van der Waals surface area contributed by atoms with E-state index in [9.17, 15) is 13.2 Å². The lowest BCUT2D eigenvalue weighted by Crippen LogP contribution is -2.58. The molecule has 2 aromatic rings. The van der Waals surface area contributed by atoms with E-state index in [4.69, 9.17) is 11.6 Å². The summed E-state index contributed by atoms with van der Waals surface area (Å²) in [4.78, 5) is 23.4. The summed E-state index contributed by atoms with van der Waals surface area (Å²) in [6, 6.07) is 8.68. The molecule has 28 heavy (non-hydrogen) atoms. The maximum atomic E-state index is 13.1. The summed E-state index contributed by atoms with van der Waals surface area (Å²) in [6.45, 7) is 0.470. The highest BCUT2D eigenvalue weighted by molar-refractivity contribution is 7.92. The first-order valence-electron chi connectivity index (χ1n) is 9.51. The third-order valence-corrected chi connectivity index (χ3v) is 8.63.